The van der Waals surface area contributed by atoms with Crippen LogP contribution in [-0.4, -0.2) is 72.1 Å². The standard InChI is InChI=1S/C19H30N6OS/c1-2-9-24(10-3-1)18-21-22-19(27-18)25-11-4-6-17(25)16-20-7-5-8-23-12-14-26-15-13-23/h4,6,11,20H,1-3,5,7-10,12-16H2. The number of ether oxygens (including phenoxy) is 1. The zero-order chi connectivity index (χ0) is 18.3. The smallest absolute Gasteiger partial charge is 0.218 e. The number of hydrogen-bond donors (Lipinski definition) is 1. The number of anilines is 1. The van der Waals surface area contributed by atoms with Crippen molar-refractivity contribution in [3.8, 4) is 5.13 Å². The van der Waals surface area contributed by atoms with Crippen LogP contribution in [0.5, 0.6) is 0 Å². The summed E-state index contributed by atoms with van der Waals surface area (Å²) in [7, 11) is 0. The first-order chi connectivity index (χ1) is 13.4. The van der Waals surface area contributed by atoms with Crippen molar-refractivity contribution in [2.75, 3.05) is 57.4 Å². The van der Waals surface area contributed by atoms with Crippen molar-refractivity contribution in [1.29, 1.82) is 0 Å². The van der Waals surface area contributed by atoms with Crippen LogP contribution in [0.1, 0.15) is 31.4 Å². The number of piperidine rings is 1. The molecular formula is C19H30N6OS. The lowest BCUT2D eigenvalue weighted by molar-refractivity contribution is 0.0374. The zero-order valence-electron chi connectivity index (χ0n) is 16.0. The molecule has 0 aliphatic carbocycles. The Kier molecular flexibility index (Phi) is 6.73. The monoisotopic (exact) mass is 390 g/mol. The average Bonchev–Trinajstić information content (AvgIpc) is 3.38. The summed E-state index contributed by atoms with van der Waals surface area (Å²) in [5.41, 5.74) is 1.24. The molecule has 0 aromatic carbocycles. The Balaban J connectivity index is 1.26. The molecule has 2 fully saturated rings. The van der Waals surface area contributed by atoms with Crippen LogP contribution in [0.15, 0.2) is 18.3 Å². The van der Waals surface area contributed by atoms with Gasteiger partial charge in [-0.3, -0.25) is 9.47 Å². The number of aromatic nitrogens is 3. The maximum Gasteiger partial charge on any atom is 0.218 e. The van der Waals surface area contributed by atoms with E-state index in [0.717, 1.165) is 69.3 Å². The van der Waals surface area contributed by atoms with Gasteiger partial charge in [-0.15, -0.1) is 10.2 Å². The largest absolute Gasteiger partial charge is 0.379 e. The molecule has 0 amide bonds. The number of rotatable bonds is 8. The van der Waals surface area contributed by atoms with Crippen molar-refractivity contribution in [3.05, 3.63) is 24.0 Å². The van der Waals surface area contributed by atoms with Crippen LogP contribution in [-0.2, 0) is 11.3 Å². The van der Waals surface area contributed by atoms with Crippen LogP contribution in [0.4, 0.5) is 5.13 Å². The van der Waals surface area contributed by atoms with Crippen LogP contribution >= 0.6 is 11.3 Å². The van der Waals surface area contributed by atoms with E-state index < -0.39 is 0 Å². The molecule has 2 saturated heterocycles. The highest BCUT2D eigenvalue weighted by Crippen LogP contribution is 2.26. The van der Waals surface area contributed by atoms with Gasteiger partial charge in [0.25, 0.3) is 0 Å². The van der Waals surface area contributed by atoms with Gasteiger partial charge in [0.2, 0.25) is 10.3 Å². The first-order valence-electron chi connectivity index (χ1n) is 10.2. The summed E-state index contributed by atoms with van der Waals surface area (Å²) >= 11 is 1.69. The summed E-state index contributed by atoms with van der Waals surface area (Å²) in [6.07, 6.45) is 7.11. The molecule has 8 heteroatoms. The van der Waals surface area contributed by atoms with Gasteiger partial charge < -0.3 is 15.0 Å². The average molecular weight is 391 g/mol. The lowest BCUT2D eigenvalue weighted by atomic mass is 10.1. The van der Waals surface area contributed by atoms with Gasteiger partial charge in [-0.1, -0.05) is 11.3 Å². The summed E-state index contributed by atoms with van der Waals surface area (Å²) in [5.74, 6) is 0. The van der Waals surface area contributed by atoms with Gasteiger partial charge in [0.1, 0.15) is 0 Å². The topological polar surface area (TPSA) is 58.5 Å². The molecule has 2 aliphatic rings. The minimum atomic E-state index is 0.856. The molecule has 2 aromatic heterocycles. The van der Waals surface area contributed by atoms with Crippen molar-refractivity contribution >= 4 is 16.5 Å². The van der Waals surface area contributed by atoms with E-state index in [9.17, 15) is 0 Å². The van der Waals surface area contributed by atoms with E-state index in [1.807, 2.05) is 0 Å². The van der Waals surface area contributed by atoms with Crippen molar-refractivity contribution < 1.29 is 4.74 Å². The Morgan fingerprint density at radius 2 is 1.85 bits per heavy atom. The Hall–Kier alpha value is -1.48. The van der Waals surface area contributed by atoms with Gasteiger partial charge in [0.15, 0.2) is 0 Å². The number of nitrogens with zero attached hydrogens (tertiary/aromatic N) is 5. The molecule has 2 aromatic rings. The van der Waals surface area contributed by atoms with Gasteiger partial charge >= 0.3 is 0 Å². The highest BCUT2D eigenvalue weighted by molar-refractivity contribution is 7.17. The van der Waals surface area contributed by atoms with E-state index in [1.54, 1.807) is 11.3 Å². The zero-order valence-corrected chi connectivity index (χ0v) is 16.8. The van der Waals surface area contributed by atoms with E-state index in [-0.39, 0.29) is 0 Å². The molecule has 0 radical (unpaired) electrons. The van der Waals surface area contributed by atoms with E-state index >= 15 is 0 Å². The van der Waals surface area contributed by atoms with Crippen LogP contribution in [0.2, 0.25) is 0 Å². The van der Waals surface area contributed by atoms with Gasteiger partial charge in [-0.2, -0.15) is 0 Å². The Morgan fingerprint density at radius 1 is 1.04 bits per heavy atom. The molecule has 0 spiro atoms. The van der Waals surface area contributed by atoms with Gasteiger partial charge in [-0.25, -0.2) is 0 Å². The van der Waals surface area contributed by atoms with Gasteiger partial charge in [-0.05, 0) is 50.9 Å². The summed E-state index contributed by atoms with van der Waals surface area (Å²) in [6.45, 7) is 9.14. The van der Waals surface area contributed by atoms with Crippen molar-refractivity contribution in [2.45, 2.75) is 32.2 Å². The third kappa shape index (κ3) is 5.07. The van der Waals surface area contributed by atoms with Crippen LogP contribution in [0.25, 0.3) is 5.13 Å². The lowest BCUT2D eigenvalue weighted by Crippen LogP contribution is -2.37. The van der Waals surface area contributed by atoms with E-state index in [2.05, 4.69) is 48.2 Å². The third-order valence-electron chi connectivity index (χ3n) is 5.31. The fraction of sp³-hybridized carbons (Fsp3) is 0.684. The molecular weight excluding hydrogens is 360 g/mol. The Bertz CT molecular complexity index is 690. The van der Waals surface area contributed by atoms with E-state index in [4.69, 9.17) is 4.74 Å². The number of nitrogens with one attached hydrogen (secondary N) is 1. The predicted molar refractivity (Wildman–Crippen MR) is 109 cm³/mol. The molecule has 148 valence electrons. The summed E-state index contributed by atoms with van der Waals surface area (Å²) < 4.78 is 7.57. The number of morpholine rings is 1. The predicted octanol–water partition coefficient (Wildman–Crippen LogP) is 2.13. The second-order valence-electron chi connectivity index (χ2n) is 7.27. The molecule has 0 atom stereocenters. The van der Waals surface area contributed by atoms with Crippen LogP contribution in [0.3, 0.4) is 0 Å². The van der Waals surface area contributed by atoms with Crippen molar-refractivity contribution in [3.63, 3.8) is 0 Å². The molecule has 1 N–H and O–H groups in total. The normalized spacial score (nSPS) is 18.9. The summed E-state index contributed by atoms with van der Waals surface area (Å²) in [5, 5.41) is 14.5. The van der Waals surface area contributed by atoms with E-state index in [1.165, 1.54) is 31.4 Å². The molecule has 0 unspecified atom stereocenters. The molecule has 4 heterocycles. The minimum Gasteiger partial charge on any atom is -0.379 e. The van der Waals surface area contributed by atoms with E-state index in [0.29, 0.717) is 0 Å². The molecule has 0 bridgehead atoms. The first-order valence-corrected chi connectivity index (χ1v) is 11.0. The fourth-order valence-electron chi connectivity index (χ4n) is 3.73. The van der Waals surface area contributed by atoms with Gasteiger partial charge in [0.05, 0.1) is 13.2 Å². The highest BCUT2D eigenvalue weighted by atomic mass is 32.1. The first kappa shape index (κ1) is 18.9. The molecule has 7 nitrogen and oxygen atoms in total. The molecule has 2 aliphatic heterocycles. The Morgan fingerprint density at radius 3 is 2.70 bits per heavy atom. The lowest BCUT2D eigenvalue weighted by Gasteiger charge is -2.26. The van der Waals surface area contributed by atoms with Gasteiger partial charge in [0, 0.05) is 44.6 Å². The van der Waals surface area contributed by atoms with Crippen LogP contribution in [0, 0.1) is 0 Å². The maximum absolute atomic E-state index is 5.40. The molecule has 0 saturated carbocycles. The van der Waals surface area contributed by atoms with Crippen LogP contribution < -0.4 is 10.2 Å². The number of hydrogen-bond acceptors (Lipinski definition) is 7. The summed E-state index contributed by atoms with van der Waals surface area (Å²) in [4.78, 5) is 4.86. The van der Waals surface area contributed by atoms with Crippen molar-refractivity contribution in [1.82, 2.24) is 25.0 Å². The molecule has 4 rings (SSSR count). The highest BCUT2D eigenvalue weighted by Gasteiger charge is 2.17. The summed E-state index contributed by atoms with van der Waals surface area (Å²) in [6, 6.07) is 4.25. The Labute approximate surface area is 165 Å². The maximum atomic E-state index is 5.40. The quantitative estimate of drug-likeness (QED) is 0.697. The minimum absolute atomic E-state index is 0.856. The second-order valence-corrected chi connectivity index (χ2v) is 8.20. The van der Waals surface area contributed by atoms with Crippen molar-refractivity contribution in [2.24, 2.45) is 0 Å². The second kappa shape index (κ2) is 9.64. The fourth-order valence-corrected chi connectivity index (χ4v) is 4.65. The molecule has 27 heavy (non-hydrogen) atoms. The SMILES string of the molecule is c1cc(CNCCCN2CCOCC2)n(-c2nnc(N3CCCCC3)s2)c1. The third-order valence-corrected chi connectivity index (χ3v) is 6.29.